The van der Waals surface area contributed by atoms with E-state index in [1.807, 2.05) is 37.8 Å². The zero-order valence-corrected chi connectivity index (χ0v) is 20.8. The summed E-state index contributed by atoms with van der Waals surface area (Å²) >= 11 is 0. The molecule has 4 nitrogen and oxygen atoms in total. The van der Waals surface area contributed by atoms with Gasteiger partial charge >= 0.3 is 0 Å². The first-order valence-corrected chi connectivity index (χ1v) is 11.7. The van der Waals surface area contributed by atoms with Gasteiger partial charge in [-0.1, -0.05) is 45.0 Å². The fourth-order valence-corrected chi connectivity index (χ4v) is 3.75. The van der Waals surface area contributed by atoms with Crippen LogP contribution in [0.25, 0.3) is 0 Å². The van der Waals surface area contributed by atoms with Crippen molar-refractivity contribution < 1.29 is 9.53 Å². The number of ether oxygens (including phenoxy) is 1. The predicted octanol–water partition coefficient (Wildman–Crippen LogP) is 6.50. The van der Waals surface area contributed by atoms with Crippen molar-refractivity contribution in [2.45, 2.75) is 73.4 Å². The van der Waals surface area contributed by atoms with E-state index in [4.69, 9.17) is 4.74 Å². The highest BCUT2D eigenvalue weighted by Crippen LogP contribution is 2.25. The molecule has 0 aliphatic rings. The van der Waals surface area contributed by atoms with Gasteiger partial charge in [0.1, 0.15) is 5.75 Å². The van der Waals surface area contributed by atoms with Crippen LogP contribution in [0.3, 0.4) is 0 Å². The summed E-state index contributed by atoms with van der Waals surface area (Å²) in [5, 5.41) is 0. The van der Waals surface area contributed by atoms with Gasteiger partial charge in [0.2, 0.25) is 5.91 Å². The number of rotatable bonds is 10. The van der Waals surface area contributed by atoms with Crippen LogP contribution in [0.15, 0.2) is 48.5 Å². The molecular formula is C27H42N2O2. The molecule has 0 saturated carbocycles. The average molecular weight is 427 g/mol. The van der Waals surface area contributed by atoms with Gasteiger partial charge < -0.3 is 14.5 Å². The lowest BCUT2D eigenvalue weighted by molar-refractivity contribution is -0.133. The minimum Gasteiger partial charge on any atom is -0.497 e. The molecule has 0 N–H and O–H groups in total. The largest absolute Gasteiger partial charge is 0.497 e. The number of carbonyl (C=O) groups excluding carboxylic acids is 1. The van der Waals surface area contributed by atoms with Gasteiger partial charge in [0.25, 0.3) is 0 Å². The second-order valence-corrected chi connectivity index (χ2v) is 7.69. The van der Waals surface area contributed by atoms with Crippen molar-refractivity contribution in [2.75, 3.05) is 25.1 Å². The van der Waals surface area contributed by atoms with E-state index in [0.29, 0.717) is 19.0 Å². The van der Waals surface area contributed by atoms with E-state index < -0.39 is 0 Å². The first-order chi connectivity index (χ1) is 14.9. The molecule has 1 amide bonds. The first-order valence-electron chi connectivity index (χ1n) is 11.7. The molecule has 0 heterocycles. The van der Waals surface area contributed by atoms with Gasteiger partial charge in [-0.3, -0.25) is 4.79 Å². The van der Waals surface area contributed by atoms with Crippen molar-refractivity contribution in [1.29, 1.82) is 0 Å². The summed E-state index contributed by atoms with van der Waals surface area (Å²) in [6.45, 7) is 16.3. The van der Waals surface area contributed by atoms with E-state index in [1.54, 1.807) is 7.11 Å². The van der Waals surface area contributed by atoms with Crippen molar-refractivity contribution >= 4 is 11.6 Å². The van der Waals surface area contributed by atoms with Gasteiger partial charge in [0.15, 0.2) is 0 Å². The van der Waals surface area contributed by atoms with E-state index in [9.17, 15) is 4.79 Å². The molecule has 0 aliphatic heterocycles. The molecule has 1 atom stereocenters. The fraction of sp³-hybridized carbons (Fsp3) is 0.519. The van der Waals surface area contributed by atoms with E-state index in [2.05, 4.69) is 69.0 Å². The quantitative estimate of drug-likeness (QED) is 0.435. The molecule has 0 aliphatic carbocycles. The smallest absolute Gasteiger partial charge is 0.222 e. The summed E-state index contributed by atoms with van der Waals surface area (Å²) in [5.74, 6) is 1.04. The zero-order valence-electron chi connectivity index (χ0n) is 20.8. The third-order valence-electron chi connectivity index (χ3n) is 5.56. The van der Waals surface area contributed by atoms with Crippen LogP contribution in [-0.4, -0.2) is 37.0 Å². The summed E-state index contributed by atoms with van der Waals surface area (Å²) in [6, 6.07) is 17.3. The summed E-state index contributed by atoms with van der Waals surface area (Å²) in [6.07, 6.45) is 1.34. The zero-order chi connectivity index (χ0) is 23.4. The molecule has 172 valence electrons. The predicted molar refractivity (Wildman–Crippen MR) is 133 cm³/mol. The standard InChI is InChI=1S/C25H36N2O2.C2H6/c1-7-25(28)27(18-17-21-9-15-24(29-6)16-10-21)20(5)22-11-13-23(14-12-22)26(8-2)19(3)4;1-2/h9-16,19-20H,7-8,17-18H2,1-6H3;1-2H3. The molecule has 1 unspecified atom stereocenters. The van der Waals surface area contributed by atoms with Crippen molar-refractivity contribution in [3.63, 3.8) is 0 Å². The molecule has 2 aromatic carbocycles. The molecule has 0 fully saturated rings. The van der Waals surface area contributed by atoms with Gasteiger partial charge in [0, 0.05) is 31.2 Å². The van der Waals surface area contributed by atoms with Crippen LogP contribution in [0.5, 0.6) is 5.75 Å². The number of hydrogen-bond donors (Lipinski definition) is 0. The minimum absolute atomic E-state index is 0.0453. The number of amides is 1. The highest BCUT2D eigenvalue weighted by atomic mass is 16.5. The van der Waals surface area contributed by atoms with Crippen LogP contribution in [0, 0.1) is 0 Å². The maximum Gasteiger partial charge on any atom is 0.222 e. The first kappa shape index (κ1) is 26.5. The Morgan fingerprint density at radius 1 is 0.935 bits per heavy atom. The Bertz CT molecular complexity index is 754. The van der Waals surface area contributed by atoms with Gasteiger partial charge in [0.05, 0.1) is 13.2 Å². The Balaban J connectivity index is 0.00000233. The van der Waals surface area contributed by atoms with Crippen LogP contribution in [0.4, 0.5) is 5.69 Å². The van der Waals surface area contributed by atoms with Crippen LogP contribution in [-0.2, 0) is 11.2 Å². The maximum atomic E-state index is 12.7. The van der Waals surface area contributed by atoms with Crippen LogP contribution >= 0.6 is 0 Å². The lowest BCUT2D eigenvalue weighted by Crippen LogP contribution is -2.35. The van der Waals surface area contributed by atoms with Crippen LogP contribution in [0.1, 0.15) is 72.1 Å². The van der Waals surface area contributed by atoms with Gasteiger partial charge in [-0.2, -0.15) is 0 Å². The normalized spacial score (nSPS) is 11.4. The molecule has 2 rings (SSSR count). The monoisotopic (exact) mass is 426 g/mol. The third kappa shape index (κ3) is 7.61. The Labute approximate surface area is 190 Å². The molecule has 0 spiro atoms. The minimum atomic E-state index is 0.0453. The van der Waals surface area contributed by atoms with E-state index in [1.165, 1.54) is 16.8 Å². The van der Waals surface area contributed by atoms with Gasteiger partial charge in [-0.05, 0) is 69.5 Å². The molecule has 0 radical (unpaired) electrons. The fourth-order valence-electron chi connectivity index (χ4n) is 3.75. The third-order valence-corrected chi connectivity index (χ3v) is 5.56. The number of carbonyl (C=O) groups is 1. The number of benzene rings is 2. The van der Waals surface area contributed by atoms with Gasteiger partial charge in [-0.25, -0.2) is 0 Å². The molecule has 31 heavy (non-hydrogen) atoms. The van der Waals surface area contributed by atoms with Crippen molar-refractivity contribution in [2.24, 2.45) is 0 Å². The Hall–Kier alpha value is -2.49. The summed E-state index contributed by atoms with van der Waals surface area (Å²) < 4.78 is 5.23. The molecule has 0 bridgehead atoms. The number of methoxy groups -OCH3 is 1. The highest BCUT2D eigenvalue weighted by molar-refractivity contribution is 5.76. The Morgan fingerprint density at radius 3 is 1.97 bits per heavy atom. The number of anilines is 1. The number of hydrogen-bond acceptors (Lipinski definition) is 3. The lowest BCUT2D eigenvalue weighted by atomic mass is 10.0. The molecule has 2 aromatic rings. The summed E-state index contributed by atoms with van der Waals surface area (Å²) in [7, 11) is 1.67. The van der Waals surface area contributed by atoms with E-state index in [-0.39, 0.29) is 11.9 Å². The van der Waals surface area contributed by atoms with E-state index in [0.717, 1.165) is 18.7 Å². The molecule has 0 aromatic heterocycles. The van der Waals surface area contributed by atoms with Crippen molar-refractivity contribution in [1.82, 2.24) is 4.90 Å². The topological polar surface area (TPSA) is 32.8 Å². The molecule has 0 saturated heterocycles. The lowest BCUT2D eigenvalue weighted by Gasteiger charge is -2.31. The Kier molecular flexibility index (Phi) is 11.8. The molecule has 4 heteroatoms. The molecular weight excluding hydrogens is 384 g/mol. The maximum absolute atomic E-state index is 12.7. The van der Waals surface area contributed by atoms with E-state index >= 15 is 0 Å². The number of nitrogens with zero attached hydrogens (tertiary/aromatic N) is 2. The Morgan fingerprint density at radius 2 is 1.52 bits per heavy atom. The second kappa shape index (κ2) is 13.7. The van der Waals surface area contributed by atoms with Gasteiger partial charge in [-0.15, -0.1) is 0 Å². The van der Waals surface area contributed by atoms with Crippen molar-refractivity contribution in [3.05, 3.63) is 59.7 Å². The second-order valence-electron chi connectivity index (χ2n) is 7.69. The summed E-state index contributed by atoms with van der Waals surface area (Å²) in [4.78, 5) is 17.0. The summed E-state index contributed by atoms with van der Waals surface area (Å²) in [5.41, 5.74) is 3.60. The average Bonchev–Trinajstić information content (AvgIpc) is 2.81. The highest BCUT2D eigenvalue weighted by Gasteiger charge is 2.20. The van der Waals surface area contributed by atoms with Crippen molar-refractivity contribution in [3.8, 4) is 5.75 Å². The van der Waals surface area contributed by atoms with Crippen LogP contribution in [0.2, 0.25) is 0 Å². The SMILES string of the molecule is CC.CCC(=O)N(CCc1ccc(OC)cc1)C(C)c1ccc(N(CC)C(C)C)cc1. The van der Waals surface area contributed by atoms with Crippen LogP contribution < -0.4 is 9.64 Å².